The van der Waals surface area contributed by atoms with E-state index in [1.807, 2.05) is 36.7 Å². The van der Waals surface area contributed by atoms with E-state index in [0.717, 1.165) is 22.7 Å². The van der Waals surface area contributed by atoms with Crippen LogP contribution in [0.5, 0.6) is 11.6 Å². The summed E-state index contributed by atoms with van der Waals surface area (Å²) in [6.45, 7) is 2.05. The molecule has 1 aromatic carbocycles. The zero-order valence-electron chi connectivity index (χ0n) is 11.2. The third-order valence-corrected chi connectivity index (χ3v) is 3.44. The summed E-state index contributed by atoms with van der Waals surface area (Å²) in [4.78, 5) is 12.6. The van der Waals surface area contributed by atoms with Crippen molar-refractivity contribution in [1.29, 1.82) is 0 Å². The van der Waals surface area contributed by atoms with Crippen molar-refractivity contribution in [2.45, 2.75) is 13.3 Å². The molecule has 0 spiro atoms. The Labute approximate surface area is 121 Å². The van der Waals surface area contributed by atoms with Gasteiger partial charge in [0.05, 0.1) is 6.33 Å². The van der Waals surface area contributed by atoms with Crippen molar-refractivity contribution in [3.05, 3.63) is 41.4 Å². The number of rotatable bonds is 3. The van der Waals surface area contributed by atoms with Crippen LogP contribution in [-0.4, -0.2) is 19.5 Å². The molecule has 0 aliphatic rings. The van der Waals surface area contributed by atoms with Gasteiger partial charge in [0.25, 0.3) is 5.88 Å². The van der Waals surface area contributed by atoms with Crippen LogP contribution < -0.4 is 4.74 Å². The zero-order valence-corrected chi connectivity index (χ0v) is 11.9. The summed E-state index contributed by atoms with van der Waals surface area (Å²) in [5.41, 5.74) is 2.41. The monoisotopic (exact) mass is 288 g/mol. The highest BCUT2D eigenvalue weighted by molar-refractivity contribution is 6.31. The fourth-order valence-electron chi connectivity index (χ4n) is 2.00. The summed E-state index contributed by atoms with van der Waals surface area (Å²) in [6, 6.07) is 5.56. The van der Waals surface area contributed by atoms with E-state index >= 15 is 0 Å². The van der Waals surface area contributed by atoms with E-state index in [-0.39, 0.29) is 0 Å². The Hall–Kier alpha value is -2.14. The minimum Gasteiger partial charge on any atom is -0.437 e. The van der Waals surface area contributed by atoms with Gasteiger partial charge in [0.2, 0.25) is 0 Å². The second-order valence-corrected chi connectivity index (χ2v) is 4.82. The molecule has 0 aliphatic carbocycles. The number of aryl methyl sites for hydroxylation is 2. The quantitative estimate of drug-likeness (QED) is 0.741. The second kappa shape index (κ2) is 5.09. The van der Waals surface area contributed by atoms with Crippen LogP contribution in [0.4, 0.5) is 0 Å². The van der Waals surface area contributed by atoms with Crippen LogP contribution >= 0.6 is 11.6 Å². The van der Waals surface area contributed by atoms with Crippen LogP contribution in [0.15, 0.2) is 30.9 Å². The molecule has 5 nitrogen and oxygen atoms in total. The fraction of sp³-hybridized carbons (Fsp3) is 0.214. The lowest BCUT2D eigenvalue weighted by Gasteiger charge is -2.07. The summed E-state index contributed by atoms with van der Waals surface area (Å²) in [7, 11) is 1.88. The molecule has 102 valence electrons. The average molecular weight is 289 g/mol. The van der Waals surface area contributed by atoms with Gasteiger partial charge in [-0.3, -0.25) is 0 Å². The van der Waals surface area contributed by atoms with Crippen molar-refractivity contribution in [3.8, 4) is 11.6 Å². The highest BCUT2D eigenvalue weighted by Gasteiger charge is 2.11. The minimum atomic E-state index is 0.444. The molecule has 0 radical (unpaired) electrons. The number of fused-ring (bicyclic) bond motifs is 1. The van der Waals surface area contributed by atoms with Crippen molar-refractivity contribution < 1.29 is 4.74 Å². The number of halogens is 1. The second-order valence-electron chi connectivity index (χ2n) is 4.42. The molecule has 0 N–H and O–H groups in total. The van der Waals surface area contributed by atoms with Gasteiger partial charge in [-0.2, -0.15) is 4.98 Å². The van der Waals surface area contributed by atoms with Gasteiger partial charge in [-0.15, -0.1) is 0 Å². The van der Waals surface area contributed by atoms with Gasteiger partial charge in [0.15, 0.2) is 11.2 Å². The van der Waals surface area contributed by atoms with Crippen molar-refractivity contribution in [2.24, 2.45) is 7.05 Å². The van der Waals surface area contributed by atoms with E-state index in [2.05, 4.69) is 15.0 Å². The number of aromatic nitrogens is 4. The highest BCUT2D eigenvalue weighted by atomic mass is 35.5. The number of hydrogen-bond donors (Lipinski definition) is 0. The molecule has 0 fully saturated rings. The first-order chi connectivity index (χ1) is 9.69. The molecule has 2 heterocycles. The van der Waals surface area contributed by atoms with Crippen molar-refractivity contribution >= 4 is 22.8 Å². The summed E-state index contributed by atoms with van der Waals surface area (Å²) in [6.07, 6.45) is 4.00. The predicted molar refractivity (Wildman–Crippen MR) is 77.2 cm³/mol. The smallest absolute Gasteiger partial charge is 0.250 e. The molecule has 0 atom stereocenters. The Morgan fingerprint density at radius 2 is 2.10 bits per heavy atom. The first-order valence-electron chi connectivity index (χ1n) is 6.27. The SMILES string of the molecule is CCc1cc(Oc2ncnc3c2ncn3C)ccc1Cl. The minimum absolute atomic E-state index is 0.444. The molecule has 0 amide bonds. The van der Waals surface area contributed by atoms with Crippen LogP contribution in [0, 0.1) is 0 Å². The molecule has 0 bridgehead atoms. The molecule has 3 rings (SSSR count). The van der Waals surface area contributed by atoms with Gasteiger partial charge < -0.3 is 9.30 Å². The Kier molecular flexibility index (Phi) is 3.28. The fourth-order valence-corrected chi connectivity index (χ4v) is 2.25. The van der Waals surface area contributed by atoms with Crippen LogP contribution in [0.2, 0.25) is 5.02 Å². The van der Waals surface area contributed by atoms with E-state index in [9.17, 15) is 0 Å². The lowest BCUT2D eigenvalue weighted by Crippen LogP contribution is -1.94. The number of benzene rings is 1. The van der Waals surface area contributed by atoms with Crippen molar-refractivity contribution in [1.82, 2.24) is 19.5 Å². The van der Waals surface area contributed by atoms with Crippen molar-refractivity contribution in [2.75, 3.05) is 0 Å². The topological polar surface area (TPSA) is 52.8 Å². The normalized spacial score (nSPS) is 10.9. The molecule has 6 heteroatoms. The first kappa shape index (κ1) is 12.9. The first-order valence-corrected chi connectivity index (χ1v) is 6.65. The Morgan fingerprint density at radius 1 is 1.25 bits per heavy atom. The largest absolute Gasteiger partial charge is 0.437 e. The van der Waals surface area contributed by atoms with Gasteiger partial charge >= 0.3 is 0 Å². The molecule has 0 saturated heterocycles. The molecule has 0 unspecified atom stereocenters. The summed E-state index contributed by atoms with van der Waals surface area (Å²) in [5, 5.41) is 0.741. The summed E-state index contributed by atoms with van der Waals surface area (Å²) < 4.78 is 7.64. The standard InChI is InChI=1S/C14H13ClN4O/c1-3-9-6-10(4-5-11(9)15)20-14-12-13(16-7-17-14)19(2)8-18-12/h4-8H,3H2,1-2H3. The molecule has 3 aromatic rings. The Bertz CT molecular complexity index is 769. The van der Waals surface area contributed by atoms with Gasteiger partial charge in [0, 0.05) is 12.1 Å². The Balaban J connectivity index is 2.01. The maximum Gasteiger partial charge on any atom is 0.250 e. The van der Waals surface area contributed by atoms with Gasteiger partial charge in [-0.05, 0) is 30.2 Å². The van der Waals surface area contributed by atoms with Gasteiger partial charge in [0.1, 0.15) is 12.1 Å². The summed E-state index contributed by atoms with van der Waals surface area (Å²) >= 11 is 6.10. The number of nitrogens with zero attached hydrogens (tertiary/aromatic N) is 4. The van der Waals surface area contributed by atoms with Crippen LogP contribution in [0.1, 0.15) is 12.5 Å². The maximum atomic E-state index is 6.10. The summed E-state index contributed by atoms with van der Waals surface area (Å²) in [5.74, 6) is 1.14. The van der Waals surface area contributed by atoms with E-state index < -0.39 is 0 Å². The number of ether oxygens (including phenoxy) is 1. The molecule has 20 heavy (non-hydrogen) atoms. The van der Waals surface area contributed by atoms with Gasteiger partial charge in [-0.25, -0.2) is 9.97 Å². The lowest BCUT2D eigenvalue weighted by molar-refractivity contribution is 0.466. The molecule has 0 saturated carbocycles. The van der Waals surface area contributed by atoms with Crippen LogP contribution in [0.3, 0.4) is 0 Å². The Morgan fingerprint density at radius 3 is 2.90 bits per heavy atom. The van der Waals surface area contributed by atoms with Crippen molar-refractivity contribution in [3.63, 3.8) is 0 Å². The van der Waals surface area contributed by atoms with E-state index in [4.69, 9.17) is 16.3 Å². The average Bonchev–Trinajstić information content (AvgIpc) is 2.84. The third kappa shape index (κ3) is 2.20. The van der Waals surface area contributed by atoms with E-state index in [0.29, 0.717) is 17.1 Å². The lowest BCUT2D eigenvalue weighted by atomic mass is 10.1. The molecular weight excluding hydrogens is 276 g/mol. The number of imidazole rings is 1. The molecule has 2 aromatic heterocycles. The zero-order chi connectivity index (χ0) is 14.1. The maximum absolute atomic E-state index is 6.10. The predicted octanol–water partition coefficient (Wildman–Crippen LogP) is 3.37. The van der Waals surface area contributed by atoms with Gasteiger partial charge in [-0.1, -0.05) is 18.5 Å². The number of hydrogen-bond acceptors (Lipinski definition) is 4. The highest BCUT2D eigenvalue weighted by Crippen LogP contribution is 2.28. The van der Waals surface area contributed by atoms with Crippen LogP contribution in [0.25, 0.3) is 11.2 Å². The molecule has 0 aliphatic heterocycles. The third-order valence-electron chi connectivity index (χ3n) is 3.08. The van der Waals surface area contributed by atoms with Crippen LogP contribution in [-0.2, 0) is 13.5 Å². The molecular formula is C14H13ClN4O. The van der Waals surface area contributed by atoms with E-state index in [1.54, 1.807) is 6.33 Å². The van der Waals surface area contributed by atoms with E-state index in [1.165, 1.54) is 6.33 Å².